The van der Waals surface area contributed by atoms with E-state index in [9.17, 15) is 10.1 Å². The smallest absolute Gasteiger partial charge is 0.178 e. The van der Waals surface area contributed by atoms with Gasteiger partial charge in [0.1, 0.15) is 11.8 Å². The molecule has 0 aromatic heterocycles. The van der Waals surface area contributed by atoms with Gasteiger partial charge in [0.25, 0.3) is 0 Å². The third-order valence-corrected chi connectivity index (χ3v) is 4.22. The summed E-state index contributed by atoms with van der Waals surface area (Å²) >= 11 is 0. The molecule has 0 unspecified atom stereocenters. The molecule has 0 spiro atoms. The Balaban J connectivity index is 2.68. The normalized spacial score (nSPS) is 18.4. The molecule has 0 radical (unpaired) electrons. The highest BCUT2D eigenvalue weighted by molar-refractivity contribution is 6.09. The third-order valence-electron chi connectivity index (χ3n) is 4.22. The van der Waals surface area contributed by atoms with E-state index in [1.54, 1.807) is 7.11 Å². The Labute approximate surface area is 132 Å². The largest absolute Gasteiger partial charge is 0.497 e. The summed E-state index contributed by atoms with van der Waals surface area (Å²) in [6.07, 6.45) is 0.695. The van der Waals surface area contributed by atoms with Gasteiger partial charge in [-0.05, 0) is 40.7 Å². The molecule has 0 atom stereocenters. The Kier molecular flexibility index (Phi) is 3.91. The predicted molar refractivity (Wildman–Crippen MR) is 87.6 cm³/mol. The number of ketones is 1. The minimum Gasteiger partial charge on any atom is -0.497 e. The molecule has 0 bridgehead atoms. The van der Waals surface area contributed by atoms with Gasteiger partial charge in [-0.3, -0.25) is 4.79 Å². The van der Waals surface area contributed by atoms with E-state index in [0.29, 0.717) is 12.0 Å². The molecule has 3 heteroatoms. The second-order valence-corrected chi connectivity index (χ2v) is 7.52. The minimum atomic E-state index is -0.558. The van der Waals surface area contributed by atoms with Crippen LogP contribution < -0.4 is 4.74 Å². The zero-order chi connectivity index (χ0) is 16.7. The standard InChI is InChI=1S/C19H23NO2/c1-18(2,3)17(21)15(11-20)14-10-19(4,5)16-9-12(22-6)7-8-13(14)16/h7-9H,10H2,1-6H3. The number of nitriles is 1. The lowest BCUT2D eigenvalue weighted by Crippen LogP contribution is -2.22. The zero-order valence-electron chi connectivity index (χ0n) is 14.2. The number of Topliss-reactive ketones (excluding diaryl/α,β-unsaturated/α-hetero) is 1. The topological polar surface area (TPSA) is 50.1 Å². The van der Waals surface area contributed by atoms with E-state index in [1.807, 2.05) is 39.0 Å². The van der Waals surface area contributed by atoms with Crippen molar-refractivity contribution in [2.75, 3.05) is 7.11 Å². The van der Waals surface area contributed by atoms with Gasteiger partial charge in [-0.25, -0.2) is 0 Å². The average Bonchev–Trinajstić information content (AvgIpc) is 2.70. The van der Waals surface area contributed by atoms with Crippen molar-refractivity contribution >= 4 is 11.4 Å². The number of hydrogen-bond acceptors (Lipinski definition) is 3. The molecule has 2 rings (SSSR count). The first-order chi connectivity index (χ1) is 10.1. The summed E-state index contributed by atoms with van der Waals surface area (Å²) in [5.41, 5.74) is 2.63. The lowest BCUT2D eigenvalue weighted by molar-refractivity contribution is -0.122. The first-order valence-electron chi connectivity index (χ1n) is 7.49. The van der Waals surface area contributed by atoms with Crippen LogP contribution in [0.25, 0.3) is 5.57 Å². The number of benzene rings is 1. The van der Waals surface area contributed by atoms with Crippen LogP contribution in [-0.4, -0.2) is 12.9 Å². The third kappa shape index (κ3) is 2.66. The van der Waals surface area contributed by atoms with E-state index in [2.05, 4.69) is 19.9 Å². The fourth-order valence-electron chi connectivity index (χ4n) is 2.96. The van der Waals surface area contributed by atoms with Gasteiger partial charge in [0.05, 0.1) is 12.7 Å². The minimum absolute atomic E-state index is 0.0931. The van der Waals surface area contributed by atoms with Crippen LogP contribution in [0, 0.1) is 16.7 Å². The maximum atomic E-state index is 12.6. The summed E-state index contributed by atoms with van der Waals surface area (Å²) in [5.74, 6) is 0.707. The highest BCUT2D eigenvalue weighted by atomic mass is 16.5. The van der Waals surface area contributed by atoms with E-state index in [1.165, 1.54) is 0 Å². The number of methoxy groups -OCH3 is 1. The molecule has 0 amide bonds. The van der Waals surface area contributed by atoms with Crippen molar-refractivity contribution in [1.82, 2.24) is 0 Å². The second-order valence-electron chi connectivity index (χ2n) is 7.52. The average molecular weight is 297 g/mol. The molecule has 0 fully saturated rings. The van der Waals surface area contributed by atoms with E-state index in [0.717, 1.165) is 22.4 Å². The van der Waals surface area contributed by atoms with Crippen molar-refractivity contribution in [3.8, 4) is 11.8 Å². The Morgan fingerprint density at radius 2 is 1.95 bits per heavy atom. The summed E-state index contributed by atoms with van der Waals surface area (Å²) in [4.78, 5) is 12.6. The first kappa shape index (κ1) is 16.3. The summed E-state index contributed by atoms with van der Waals surface area (Å²) in [7, 11) is 1.64. The van der Waals surface area contributed by atoms with E-state index in [4.69, 9.17) is 4.74 Å². The number of carbonyl (C=O) groups excluding carboxylic acids is 1. The van der Waals surface area contributed by atoms with Gasteiger partial charge in [0, 0.05) is 5.41 Å². The highest BCUT2D eigenvalue weighted by Gasteiger charge is 2.38. The lowest BCUT2D eigenvalue weighted by atomic mass is 9.83. The van der Waals surface area contributed by atoms with Crippen molar-refractivity contribution in [3.63, 3.8) is 0 Å². The maximum Gasteiger partial charge on any atom is 0.178 e. The monoisotopic (exact) mass is 297 g/mol. The summed E-state index contributed by atoms with van der Waals surface area (Å²) in [6, 6.07) is 8.02. The van der Waals surface area contributed by atoms with Crippen LogP contribution in [0.2, 0.25) is 0 Å². The Hall–Kier alpha value is -2.08. The summed E-state index contributed by atoms with van der Waals surface area (Å²) < 4.78 is 5.31. The van der Waals surface area contributed by atoms with E-state index in [-0.39, 0.29) is 11.2 Å². The Bertz CT molecular complexity index is 697. The quantitative estimate of drug-likeness (QED) is 0.605. The van der Waals surface area contributed by atoms with Crippen LogP contribution >= 0.6 is 0 Å². The van der Waals surface area contributed by atoms with Crippen molar-refractivity contribution in [2.45, 2.75) is 46.5 Å². The number of allylic oxidation sites excluding steroid dienone is 2. The molecule has 0 heterocycles. The van der Waals surface area contributed by atoms with E-state index < -0.39 is 5.41 Å². The second kappa shape index (κ2) is 5.28. The number of carbonyl (C=O) groups is 1. The fraction of sp³-hybridized carbons (Fsp3) is 0.474. The molecule has 0 aliphatic heterocycles. The van der Waals surface area contributed by atoms with E-state index >= 15 is 0 Å². The molecule has 1 aromatic rings. The molecule has 1 aliphatic rings. The van der Waals surface area contributed by atoms with Crippen LogP contribution in [-0.2, 0) is 10.2 Å². The van der Waals surface area contributed by atoms with Gasteiger partial charge in [-0.15, -0.1) is 0 Å². The number of fused-ring (bicyclic) bond motifs is 1. The Morgan fingerprint density at radius 3 is 2.45 bits per heavy atom. The van der Waals surface area contributed by atoms with Gasteiger partial charge in [0.15, 0.2) is 5.78 Å². The molecule has 0 saturated heterocycles. The number of ether oxygens (including phenoxy) is 1. The molecule has 116 valence electrons. The van der Waals surface area contributed by atoms with Crippen molar-refractivity contribution in [3.05, 3.63) is 34.9 Å². The zero-order valence-corrected chi connectivity index (χ0v) is 14.2. The molecule has 22 heavy (non-hydrogen) atoms. The summed E-state index contributed by atoms with van der Waals surface area (Å²) in [5, 5.41) is 9.56. The van der Waals surface area contributed by atoms with Gasteiger partial charge in [0.2, 0.25) is 0 Å². The first-order valence-corrected chi connectivity index (χ1v) is 7.49. The number of hydrogen-bond donors (Lipinski definition) is 0. The van der Waals surface area contributed by atoms with Gasteiger partial charge >= 0.3 is 0 Å². The van der Waals surface area contributed by atoms with Crippen LogP contribution in [0.5, 0.6) is 5.75 Å². The van der Waals surface area contributed by atoms with Crippen molar-refractivity contribution in [2.24, 2.45) is 5.41 Å². The van der Waals surface area contributed by atoms with Gasteiger partial charge < -0.3 is 4.74 Å². The van der Waals surface area contributed by atoms with Gasteiger partial charge in [-0.2, -0.15) is 5.26 Å². The predicted octanol–water partition coefficient (Wildman–Crippen LogP) is 4.27. The van der Waals surface area contributed by atoms with Crippen LogP contribution in [0.1, 0.15) is 52.2 Å². The molecule has 1 aromatic carbocycles. The Morgan fingerprint density at radius 1 is 1.32 bits per heavy atom. The molecular weight excluding hydrogens is 274 g/mol. The van der Waals surface area contributed by atoms with Crippen LogP contribution in [0.15, 0.2) is 23.8 Å². The molecule has 3 nitrogen and oxygen atoms in total. The lowest BCUT2D eigenvalue weighted by Gasteiger charge is -2.19. The molecule has 1 aliphatic carbocycles. The summed E-state index contributed by atoms with van der Waals surface area (Å²) in [6.45, 7) is 9.82. The molecule has 0 saturated carbocycles. The number of rotatable bonds is 2. The molecular formula is C19H23NO2. The fourth-order valence-corrected chi connectivity index (χ4v) is 2.96. The van der Waals surface area contributed by atoms with Crippen molar-refractivity contribution < 1.29 is 9.53 Å². The molecule has 0 N–H and O–H groups in total. The number of nitrogens with zero attached hydrogens (tertiary/aromatic N) is 1. The van der Waals surface area contributed by atoms with Crippen LogP contribution in [0.3, 0.4) is 0 Å². The van der Waals surface area contributed by atoms with Gasteiger partial charge in [-0.1, -0.05) is 40.7 Å². The SMILES string of the molecule is COc1ccc2c(c1)C(C)(C)CC2=C(C#N)C(=O)C(C)(C)C. The maximum absolute atomic E-state index is 12.6. The highest BCUT2D eigenvalue weighted by Crippen LogP contribution is 2.48. The van der Waals surface area contributed by atoms with Crippen LogP contribution in [0.4, 0.5) is 0 Å². The van der Waals surface area contributed by atoms with Crippen molar-refractivity contribution in [1.29, 1.82) is 5.26 Å².